The van der Waals surface area contributed by atoms with Gasteiger partial charge in [-0.1, -0.05) is 102 Å². The zero-order valence-corrected chi connectivity index (χ0v) is 26.2. The second-order valence-electron chi connectivity index (χ2n) is 12.2. The number of hydrogen-bond donors (Lipinski definition) is 0. The Labute approximate surface area is 273 Å². The summed E-state index contributed by atoms with van der Waals surface area (Å²) in [4.78, 5) is 5.24. The lowest BCUT2D eigenvalue weighted by Gasteiger charge is -2.19. The Hall–Kier alpha value is -5.16. The van der Waals surface area contributed by atoms with E-state index in [4.69, 9.17) is 0 Å². The van der Waals surface area contributed by atoms with Crippen LogP contribution in [0.4, 0.5) is 0 Å². The Morgan fingerprint density at radius 1 is 0.326 bits per heavy atom. The highest BCUT2D eigenvalue weighted by molar-refractivity contribution is 8.00. The third kappa shape index (κ3) is 3.35. The van der Waals surface area contributed by atoms with Crippen molar-refractivity contribution >= 4 is 67.1 Å². The monoisotopic (exact) mass is 620 g/mol. The Balaban J connectivity index is 1.07. The zero-order chi connectivity index (χ0) is 29.9. The minimum absolute atomic E-state index is 1.23. The van der Waals surface area contributed by atoms with Crippen LogP contribution in [0.3, 0.4) is 0 Å². The number of nitrogens with zero attached hydrogens (tertiary/aromatic N) is 2. The standard InChI is InChI=1S/C42H24N2S2/c1-3-14-37-35(12-1)43-33-20-18-27(23-31(33)29-10-6-16-39(45-37)41(29)43)25-8-5-9-26(22-25)28-19-21-34-32(24-28)30-11-7-17-40-42(30)44(34)36-13-2-4-15-38(36)46-40/h1-24H. The maximum Gasteiger partial charge on any atom is 0.0681 e. The molecule has 11 rings (SSSR count). The van der Waals surface area contributed by atoms with Crippen molar-refractivity contribution in [2.45, 2.75) is 19.6 Å². The molecule has 2 aromatic heterocycles. The van der Waals surface area contributed by atoms with Gasteiger partial charge < -0.3 is 9.13 Å². The number of hydrogen-bond acceptors (Lipinski definition) is 2. The molecular weight excluding hydrogens is 597 g/mol. The smallest absolute Gasteiger partial charge is 0.0681 e. The van der Waals surface area contributed by atoms with E-state index in [-0.39, 0.29) is 0 Å². The van der Waals surface area contributed by atoms with Gasteiger partial charge in [0.15, 0.2) is 0 Å². The van der Waals surface area contributed by atoms with Crippen LogP contribution in [-0.2, 0) is 0 Å². The van der Waals surface area contributed by atoms with E-state index >= 15 is 0 Å². The van der Waals surface area contributed by atoms with Crippen LogP contribution >= 0.6 is 23.5 Å². The minimum Gasteiger partial charge on any atom is -0.307 e. The molecule has 0 N–H and O–H groups in total. The van der Waals surface area contributed by atoms with Crippen molar-refractivity contribution in [3.63, 3.8) is 0 Å². The van der Waals surface area contributed by atoms with Gasteiger partial charge in [-0.3, -0.25) is 0 Å². The van der Waals surface area contributed by atoms with E-state index in [2.05, 4.69) is 155 Å². The molecular formula is C42H24N2S2. The summed E-state index contributed by atoms with van der Waals surface area (Å²) in [5.41, 5.74) is 12.6. The molecule has 4 heterocycles. The summed E-state index contributed by atoms with van der Waals surface area (Å²) < 4.78 is 4.91. The molecule has 0 aliphatic carbocycles. The molecule has 2 aliphatic rings. The molecule has 46 heavy (non-hydrogen) atoms. The number of aromatic nitrogens is 2. The molecule has 0 spiro atoms. The van der Waals surface area contributed by atoms with Gasteiger partial charge in [-0.15, -0.1) is 0 Å². The second-order valence-corrected chi connectivity index (χ2v) is 14.3. The molecule has 0 bridgehead atoms. The summed E-state index contributed by atoms with van der Waals surface area (Å²) in [6, 6.07) is 53.9. The van der Waals surface area contributed by atoms with Gasteiger partial charge in [0.2, 0.25) is 0 Å². The summed E-state index contributed by atoms with van der Waals surface area (Å²) in [5.74, 6) is 0. The molecule has 2 aliphatic heterocycles. The molecule has 0 amide bonds. The van der Waals surface area contributed by atoms with E-state index in [0.717, 1.165) is 0 Å². The van der Waals surface area contributed by atoms with E-state index < -0.39 is 0 Å². The fraction of sp³-hybridized carbons (Fsp3) is 0. The van der Waals surface area contributed by atoms with Gasteiger partial charge in [-0.05, 0) is 89.0 Å². The highest BCUT2D eigenvalue weighted by atomic mass is 32.2. The van der Waals surface area contributed by atoms with Crippen molar-refractivity contribution in [3.8, 4) is 33.6 Å². The highest BCUT2D eigenvalue weighted by Gasteiger charge is 2.24. The Bertz CT molecular complexity index is 2580. The second kappa shape index (κ2) is 9.20. The first-order valence-electron chi connectivity index (χ1n) is 15.6. The molecule has 2 nitrogen and oxygen atoms in total. The SMILES string of the molecule is c1cc(-c2ccc3c(c2)c2cccc4c2n3-c2ccccc2S4)cc(-c2ccc3c(c2)c2cccc4c2n3-c2ccccc2S4)c1. The van der Waals surface area contributed by atoms with Crippen LogP contribution in [0.5, 0.6) is 0 Å². The van der Waals surface area contributed by atoms with Gasteiger partial charge in [0.05, 0.1) is 33.4 Å². The quantitative estimate of drug-likeness (QED) is 0.190. The van der Waals surface area contributed by atoms with Crippen molar-refractivity contribution in [1.82, 2.24) is 9.13 Å². The molecule has 214 valence electrons. The molecule has 0 saturated heterocycles. The van der Waals surface area contributed by atoms with Crippen LogP contribution in [0, 0.1) is 0 Å². The van der Waals surface area contributed by atoms with Crippen LogP contribution < -0.4 is 0 Å². The lowest BCUT2D eigenvalue weighted by atomic mass is 9.97. The van der Waals surface area contributed by atoms with Gasteiger partial charge in [0, 0.05) is 41.1 Å². The van der Waals surface area contributed by atoms with Crippen LogP contribution in [0.2, 0.25) is 0 Å². The van der Waals surface area contributed by atoms with Crippen molar-refractivity contribution in [2.75, 3.05) is 0 Å². The Kier molecular flexibility index (Phi) is 5.01. The van der Waals surface area contributed by atoms with E-state index in [1.165, 1.54) is 96.8 Å². The molecule has 0 fully saturated rings. The molecule has 4 heteroatoms. The van der Waals surface area contributed by atoms with E-state index in [9.17, 15) is 0 Å². The van der Waals surface area contributed by atoms with Gasteiger partial charge in [0.25, 0.3) is 0 Å². The van der Waals surface area contributed by atoms with Crippen molar-refractivity contribution < 1.29 is 0 Å². The fourth-order valence-corrected chi connectivity index (χ4v) is 9.85. The van der Waals surface area contributed by atoms with E-state index in [1.807, 2.05) is 23.5 Å². The largest absolute Gasteiger partial charge is 0.307 e. The van der Waals surface area contributed by atoms with Gasteiger partial charge in [0.1, 0.15) is 0 Å². The van der Waals surface area contributed by atoms with Crippen molar-refractivity contribution in [1.29, 1.82) is 0 Å². The summed E-state index contributed by atoms with van der Waals surface area (Å²) in [6.07, 6.45) is 0. The molecule has 0 unspecified atom stereocenters. The predicted octanol–water partition coefficient (Wildman–Crippen LogP) is 12.1. The van der Waals surface area contributed by atoms with Crippen molar-refractivity contribution in [2.24, 2.45) is 0 Å². The molecule has 7 aromatic carbocycles. The Morgan fingerprint density at radius 3 is 1.28 bits per heavy atom. The first-order valence-corrected chi connectivity index (χ1v) is 17.2. The topological polar surface area (TPSA) is 9.86 Å². The molecule has 0 saturated carbocycles. The summed E-state index contributed by atoms with van der Waals surface area (Å²) in [5, 5.41) is 5.22. The third-order valence-corrected chi connectivity index (χ3v) is 11.9. The number of para-hydroxylation sites is 4. The van der Waals surface area contributed by atoms with E-state index in [1.54, 1.807) is 0 Å². The fourth-order valence-electron chi connectivity index (χ4n) is 7.67. The summed E-state index contributed by atoms with van der Waals surface area (Å²) in [6.45, 7) is 0. The number of fused-ring (bicyclic) bond motifs is 10. The first-order chi connectivity index (χ1) is 22.8. The highest BCUT2D eigenvalue weighted by Crippen LogP contribution is 2.48. The van der Waals surface area contributed by atoms with Crippen LogP contribution in [0.1, 0.15) is 0 Å². The predicted molar refractivity (Wildman–Crippen MR) is 194 cm³/mol. The normalized spacial score (nSPS) is 13.0. The average molecular weight is 621 g/mol. The first kappa shape index (κ1) is 25.1. The minimum atomic E-state index is 1.23. The lowest BCUT2D eigenvalue weighted by molar-refractivity contribution is 1.09. The Morgan fingerprint density at radius 2 is 0.761 bits per heavy atom. The maximum atomic E-state index is 2.46. The lowest BCUT2D eigenvalue weighted by Crippen LogP contribution is -2.00. The van der Waals surface area contributed by atoms with Crippen molar-refractivity contribution in [3.05, 3.63) is 146 Å². The maximum absolute atomic E-state index is 2.46. The summed E-state index contributed by atoms with van der Waals surface area (Å²) >= 11 is 3.74. The third-order valence-electron chi connectivity index (χ3n) is 9.68. The van der Waals surface area contributed by atoms with Crippen LogP contribution in [-0.4, -0.2) is 9.13 Å². The van der Waals surface area contributed by atoms with Gasteiger partial charge in [-0.25, -0.2) is 0 Å². The van der Waals surface area contributed by atoms with Crippen LogP contribution in [0.15, 0.2) is 165 Å². The van der Waals surface area contributed by atoms with E-state index in [0.29, 0.717) is 0 Å². The van der Waals surface area contributed by atoms with Gasteiger partial charge in [-0.2, -0.15) is 0 Å². The average Bonchev–Trinajstić information content (AvgIpc) is 3.63. The molecule has 0 radical (unpaired) electrons. The summed E-state index contributed by atoms with van der Waals surface area (Å²) in [7, 11) is 0. The zero-order valence-electron chi connectivity index (χ0n) is 24.6. The molecule has 0 atom stereocenters. The van der Waals surface area contributed by atoms with Gasteiger partial charge >= 0.3 is 0 Å². The number of benzene rings is 7. The van der Waals surface area contributed by atoms with Crippen LogP contribution in [0.25, 0.3) is 77.2 Å². The molecule has 9 aromatic rings. The number of rotatable bonds is 2.